The van der Waals surface area contributed by atoms with Crippen molar-refractivity contribution in [3.05, 3.63) is 29.8 Å². The quantitative estimate of drug-likeness (QED) is 0.898. The lowest BCUT2D eigenvalue weighted by atomic mass is 9.70. The van der Waals surface area contributed by atoms with E-state index in [9.17, 15) is 9.59 Å². The fourth-order valence-electron chi connectivity index (χ4n) is 4.75. The van der Waals surface area contributed by atoms with Gasteiger partial charge in [0, 0.05) is 23.4 Å². The Hall–Kier alpha value is -1.64. The normalized spacial score (nSPS) is 31.4. The number of carbonyl (C=O) groups excluding carboxylic acids is 2. The molecule has 3 rings (SSSR count). The maximum Gasteiger partial charge on any atom is 0.224 e. The number of nitrogens with one attached hydrogen (secondary N) is 1. The standard InChI is InChI=1S/C20H27NO2/c1-13-5-7-14(8-6-13)21-17(22)10-9-15-16-11-12-20(4,18(15)23)19(16,2)3/h5-8,15-16H,9-12H2,1-4H3,(H,21,22)/t15-,16-,20-/m1/s1. The Bertz CT molecular complexity index is 632. The van der Waals surface area contributed by atoms with Gasteiger partial charge in [-0.15, -0.1) is 0 Å². The molecule has 0 aromatic heterocycles. The Morgan fingerprint density at radius 2 is 1.87 bits per heavy atom. The molecule has 0 spiro atoms. The highest BCUT2D eigenvalue weighted by Crippen LogP contribution is 2.66. The third-order valence-corrected chi connectivity index (χ3v) is 6.69. The number of benzene rings is 1. The highest BCUT2D eigenvalue weighted by atomic mass is 16.1. The first-order valence-corrected chi connectivity index (χ1v) is 8.66. The molecular formula is C20H27NO2. The summed E-state index contributed by atoms with van der Waals surface area (Å²) in [5.74, 6) is 0.897. The van der Waals surface area contributed by atoms with E-state index in [0.717, 1.165) is 18.5 Å². The van der Waals surface area contributed by atoms with Gasteiger partial charge in [-0.1, -0.05) is 38.5 Å². The van der Waals surface area contributed by atoms with Crippen molar-refractivity contribution in [1.29, 1.82) is 0 Å². The molecule has 0 radical (unpaired) electrons. The zero-order valence-electron chi connectivity index (χ0n) is 14.6. The minimum absolute atomic E-state index is 0.00684. The van der Waals surface area contributed by atoms with E-state index in [1.54, 1.807) is 0 Å². The Labute approximate surface area is 138 Å². The van der Waals surface area contributed by atoms with Crippen molar-refractivity contribution in [2.45, 2.75) is 53.4 Å². The smallest absolute Gasteiger partial charge is 0.224 e. The van der Waals surface area contributed by atoms with Gasteiger partial charge >= 0.3 is 0 Å². The lowest BCUT2D eigenvalue weighted by Crippen LogP contribution is -2.33. The van der Waals surface area contributed by atoms with Crippen LogP contribution in [0.2, 0.25) is 0 Å². The van der Waals surface area contributed by atoms with Gasteiger partial charge in [0.15, 0.2) is 0 Å². The van der Waals surface area contributed by atoms with Gasteiger partial charge in [0.05, 0.1) is 0 Å². The number of rotatable bonds is 4. The third-order valence-electron chi connectivity index (χ3n) is 6.69. The molecule has 3 atom stereocenters. The number of hydrogen-bond donors (Lipinski definition) is 1. The van der Waals surface area contributed by atoms with Crippen molar-refractivity contribution < 1.29 is 9.59 Å². The van der Waals surface area contributed by atoms with Crippen LogP contribution < -0.4 is 5.32 Å². The number of Topliss-reactive ketones (excluding diaryl/α,β-unsaturated/α-hetero) is 1. The zero-order chi connectivity index (χ0) is 16.8. The molecule has 0 unspecified atom stereocenters. The summed E-state index contributed by atoms with van der Waals surface area (Å²) >= 11 is 0. The van der Waals surface area contributed by atoms with Crippen molar-refractivity contribution in [2.24, 2.45) is 22.7 Å². The average Bonchev–Trinajstić information content (AvgIpc) is 2.80. The van der Waals surface area contributed by atoms with E-state index in [4.69, 9.17) is 0 Å². The van der Waals surface area contributed by atoms with E-state index < -0.39 is 0 Å². The summed E-state index contributed by atoms with van der Waals surface area (Å²) in [6.45, 7) is 8.61. The molecule has 3 nitrogen and oxygen atoms in total. The number of fused-ring (bicyclic) bond motifs is 2. The van der Waals surface area contributed by atoms with Gasteiger partial charge in [-0.05, 0) is 49.7 Å². The van der Waals surface area contributed by atoms with Crippen LogP contribution in [0.4, 0.5) is 5.69 Å². The largest absolute Gasteiger partial charge is 0.326 e. The monoisotopic (exact) mass is 313 g/mol. The van der Waals surface area contributed by atoms with Gasteiger partial charge in [0.1, 0.15) is 5.78 Å². The second-order valence-corrected chi connectivity index (χ2v) is 8.12. The van der Waals surface area contributed by atoms with Crippen LogP contribution in [-0.2, 0) is 9.59 Å². The number of ketones is 1. The van der Waals surface area contributed by atoms with Crippen LogP contribution in [0.15, 0.2) is 24.3 Å². The number of amides is 1. The summed E-state index contributed by atoms with van der Waals surface area (Å²) in [5.41, 5.74) is 1.89. The molecule has 2 aliphatic rings. The summed E-state index contributed by atoms with van der Waals surface area (Å²) in [4.78, 5) is 25.0. The van der Waals surface area contributed by atoms with Crippen LogP contribution in [0.3, 0.4) is 0 Å². The molecule has 23 heavy (non-hydrogen) atoms. The molecule has 0 aliphatic heterocycles. The SMILES string of the molecule is Cc1ccc(NC(=O)CC[C@H]2C(=O)[C@@]3(C)CC[C@H]2C3(C)C)cc1. The van der Waals surface area contributed by atoms with Gasteiger partial charge in [0.25, 0.3) is 0 Å². The van der Waals surface area contributed by atoms with Crippen molar-refractivity contribution in [3.63, 3.8) is 0 Å². The fourth-order valence-corrected chi connectivity index (χ4v) is 4.75. The van der Waals surface area contributed by atoms with Gasteiger partial charge in [-0.25, -0.2) is 0 Å². The first-order chi connectivity index (χ1) is 10.8. The highest BCUT2D eigenvalue weighted by molar-refractivity contribution is 5.93. The van der Waals surface area contributed by atoms with Crippen molar-refractivity contribution >= 4 is 17.4 Å². The van der Waals surface area contributed by atoms with Crippen LogP contribution >= 0.6 is 0 Å². The minimum atomic E-state index is -0.185. The van der Waals surface area contributed by atoms with Crippen molar-refractivity contribution in [1.82, 2.24) is 0 Å². The predicted octanol–water partition coefficient (Wildman–Crippen LogP) is 4.36. The molecule has 1 aromatic carbocycles. The molecule has 2 aliphatic carbocycles. The molecule has 0 saturated heterocycles. The Morgan fingerprint density at radius 1 is 1.22 bits per heavy atom. The van der Waals surface area contributed by atoms with Crippen LogP contribution in [0.1, 0.15) is 52.0 Å². The predicted molar refractivity (Wildman–Crippen MR) is 92.2 cm³/mol. The third kappa shape index (κ3) is 2.50. The van der Waals surface area contributed by atoms with E-state index in [1.807, 2.05) is 31.2 Å². The summed E-state index contributed by atoms with van der Waals surface area (Å²) < 4.78 is 0. The lowest BCUT2D eigenvalue weighted by molar-refractivity contribution is -0.132. The lowest BCUT2D eigenvalue weighted by Gasteiger charge is -2.32. The summed E-state index contributed by atoms with van der Waals surface area (Å²) in [6, 6.07) is 7.80. The number of carbonyl (C=O) groups is 2. The topological polar surface area (TPSA) is 46.2 Å². The van der Waals surface area contributed by atoms with Gasteiger partial charge in [0.2, 0.25) is 5.91 Å². The van der Waals surface area contributed by atoms with Crippen molar-refractivity contribution in [3.8, 4) is 0 Å². The van der Waals surface area contributed by atoms with E-state index in [0.29, 0.717) is 24.5 Å². The first kappa shape index (κ1) is 16.2. The summed E-state index contributed by atoms with van der Waals surface area (Å²) in [7, 11) is 0. The molecule has 3 heteroatoms. The minimum Gasteiger partial charge on any atom is -0.326 e. The van der Waals surface area contributed by atoms with Gasteiger partial charge < -0.3 is 5.32 Å². The first-order valence-electron chi connectivity index (χ1n) is 8.66. The van der Waals surface area contributed by atoms with Gasteiger partial charge in [-0.2, -0.15) is 0 Å². The van der Waals surface area contributed by atoms with Gasteiger partial charge in [-0.3, -0.25) is 9.59 Å². The molecule has 0 heterocycles. The molecule has 2 bridgehead atoms. The zero-order valence-corrected chi connectivity index (χ0v) is 14.6. The molecule has 1 aromatic rings. The molecular weight excluding hydrogens is 286 g/mol. The molecule has 1 amide bonds. The highest BCUT2D eigenvalue weighted by Gasteiger charge is 2.65. The van der Waals surface area contributed by atoms with Crippen molar-refractivity contribution in [2.75, 3.05) is 5.32 Å². The average molecular weight is 313 g/mol. The van der Waals surface area contributed by atoms with E-state index in [-0.39, 0.29) is 22.7 Å². The molecule has 2 saturated carbocycles. The maximum absolute atomic E-state index is 12.8. The van der Waals surface area contributed by atoms with Crippen LogP contribution in [0, 0.1) is 29.6 Å². The molecule has 124 valence electrons. The summed E-state index contributed by atoms with van der Waals surface area (Å²) in [6.07, 6.45) is 3.24. The number of aryl methyl sites for hydroxylation is 1. The Kier molecular flexibility index (Phi) is 3.86. The van der Waals surface area contributed by atoms with Crippen LogP contribution in [-0.4, -0.2) is 11.7 Å². The van der Waals surface area contributed by atoms with E-state index >= 15 is 0 Å². The number of anilines is 1. The van der Waals surface area contributed by atoms with Crippen LogP contribution in [0.25, 0.3) is 0 Å². The molecule has 2 fully saturated rings. The Morgan fingerprint density at radius 3 is 2.43 bits per heavy atom. The van der Waals surface area contributed by atoms with Crippen LogP contribution in [0.5, 0.6) is 0 Å². The maximum atomic E-state index is 12.8. The second-order valence-electron chi connectivity index (χ2n) is 8.12. The van der Waals surface area contributed by atoms with E-state index in [2.05, 4.69) is 26.1 Å². The summed E-state index contributed by atoms with van der Waals surface area (Å²) in [5, 5.41) is 2.93. The van der Waals surface area contributed by atoms with E-state index in [1.165, 1.54) is 5.56 Å². The molecule has 1 N–H and O–H groups in total. The number of hydrogen-bond acceptors (Lipinski definition) is 2. The fraction of sp³-hybridized carbons (Fsp3) is 0.600. The second kappa shape index (κ2) is 5.47. The Balaban J connectivity index is 1.60.